The lowest BCUT2D eigenvalue weighted by Gasteiger charge is -2.38. The van der Waals surface area contributed by atoms with E-state index in [4.69, 9.17) is 5.73 Å². The molecule has 18 heavy (non-hydrogen) atoms. The third kappa shape index (κ3) is 3.46. The van der Waals surface area contributed by atoms with Crippen LogP contribution in [0.4, 0.5) is 0 Å². The Labute approximate surface area is 122 Å². The third-order valence-corrected chi connectivity index (χ3v) is 3.88. The summed E-state index contributed by atoms with van der Waals surface area (Å²) in [5.74, 6) is -0.0354. The highest BCUT2D eigenvalue weighted by Crippen LogP contribution is 2.28. The lowest BCUT2D eigenvalue weighted by molar-refractivity contribution is 0.0929. The van der Waals surface area contributed by atoms with Crippen LogP contribution in [0.25, 0.3) is 0 Å². The van der Waals surface area contributed by atoms with Gasteiger partial charge in [-0.1, -0.05) is 15.9 Å². The van der Waals surface area contributed by atoms with Gasteiger partial charge < -0.3 is 11.1 Å². The molecule has 0 saturated heterocycles. The molecule has 3 nitrogen and oxygen atoms in total. The van der Waals surface area contributed by atoms with E-state index in [0.29, 0.717) is 6.54 Å². The minimum absolute atomic E-state index is 0. The quantitative estimate of drug-likeness (QED) is 0.893. The van der Waals surface area contributed by atoms with Gasteiger partial charge in [-0.25, -0.2) is 0 Å². The number of nitrogens with two attached hydrogens (primary N) is 1. The summed E-state index contributed by atoms with van der Waals surface area (Å²) in [6.07, 6.45) is 3.18. The molecule has 1 aliphatic carbocycles. The van der Waals surface area contributed by atoms with E-state index in [2.05, 4.69) is 21.2 Å². The molecule has 0 heterocycles. The minimum atomic E-state index is -0.168. The lowest BCUT2D eigenvalue weighted by Crippen LogP contribution is -2.54. The van der Waals surface area contributed by atoms with E-state index in [1.165, 1.54) is 6.42 Å². The fraction of sp³-hybridized carbons (Fsp3) is 0.462. The monoisotopic (exact) mass is 332 g/mol. The average Bonchev–Trinajstić information content (AvgIpc) is 2.23. The highest BCUT2D eigenvalue weighted by atomic mass is 79.9. The Hall–Kier alpha value is -0.580. The summed E-state index contributed by atoms with van der Waals surface area (Å²) in [4.78, 5) is 12.0. The van der Waals surface area contributed by atoms with Crippen molar-refractivity contribution in [3.63, 3.8) is 0 Å². The molecule has 0 radical (unpaired) electrons. The molecule has 3 N–H and O–H groups in total. The van der Waals surface area contributed by atoms with Gasteiger partial charge in [0.05, 0.1) is 0 Å². The van der Waals surface area contributed by atoms with Crippen LogP contribution < -0.4 is 11.1 Å². The molecule has 100 valence electrons. The first-order valence-electron chi connectivity index (χ1n) is 5.83. The number of benzene rings is 1. The number of halogens is 2. The van der Waals surface area contributed by atoms with Gasteiger partial charge in [0.15, 0.2) is 0 Å². The second-order valence-electron chi connectivity index (χ2n) is 4.86. The van der Waals surface area contributed by atoms with Crippen molar-refractivity contribution in [1.82, 2.24) is 5.32 Å². The highest BCUT2D eigenvalue weighted by Gasteiger charge is 2.32. The van der Waals surface area contributed by atoms with Crippen molar-refractivity contribution in [2.45, 2.75) is 31.7 Å². The Morgan fingerprint density at radius 1 is 1.50 bits per heavy atom. The van der Waals surface area contributed by atoms with E-state index in [1.807, 2.05) is 25.1 Å². The molecule has 0 aliphatic heterocycles. The molecule has 1 aromatic carbocycles. The zero-order chi connectivity index (χ0) is 12.5. The first-order valence-corrected chi connectivity index (χ1v) is 6.63. The second kappa shape index (κ2) is 6.04. The van der Waals surface area contributed by atoms with Crippen molar-refractivity contribution in [2.24, 2.45) is 5.73 Å². The van der Waals surface area contributed by atoms with Gasteiger partial charge in [0.25, 0.3) is 5.91 Å². The number of amides is 1. The summed E-state index contributed by atoms with van der Waals surface area (Å²) in [6.45, 7) is 2.50. The van der Waals surface area contributed by atoms with E-state index in [9.17, 15) is 4.79 Å². The number of hydrogen-bond acceptors (Lipinski definition) is 2. The maximum Gasteiger partial charge on any atom is 0.251 e. The predicted octanol–water partition coefficient (Wildman–Crippen LogP) is 2.79. The molecular weight excluding hydrogens is 316 g/mol. The van der Waals surface area contributed by atoms with Gasteiger partial charge >= 0.3 is 0 Å². The summed E-state index contributed by atoms with van der Waals surface area (Å²) < 4.78 is 0.987. The summed E-state index contributed by atoms with van der Waals surface area (Å²) in [7, 11) is 0. The Morgan fingerprint density at radius 3 is 2.67 bits per heavy atom. The zero-order valence-electron chi connectivity index (χ0n) is 10.3. The third-order valence-electron chi connectivity index (χ3n) is 3.38. The predicted molar refractivity (Wildman–Crippen MR) is 79.2 cm³/mol. The smallest absolute Gasteiger partial charge is 0.251 e. The van der Waals surface area contributed by atoms with Crippen LogP contribution in [0.15, 0.2) is 22.7 Å². The molecule has 1 aliphatic rings. The van der Waals surface area contributed by atoms with Crippen LogP contribution in [0.2, 0.25) is 0 Å². The van der Waals surface area contributed by atoms with Gasteiger partial charge in [0.1, 0.15) is 0 Å². The Kier molecular flexibility index (Phi) is 5.20. The lowest BCUT2D eigenvalue weighted by atomic mass is 9.78. The zero-order valence-corrected chi connectivity index (χ0v) is 12.7. The highest BCUT2D eigenvalue weighted by molar-refractivity contribution is 9.10. The van der Waals surface area contributed by atoms with Crippen molar-refractivity contribution < 1.29 is 4.79 Å². The number of carbonyl (C=O) groups is 1. The van der Waals surface area contributed by atoms with Gasteiger partial charge in [-0.2, -0.15) is 0 Å². The van der Waals surface area contributed by atoms with E-state index in [-0.39, 0.29) is 23.9 Å². The molecule has 0 aromatic heterocycles. The average molecular weight is 334 g/mol. The largest absolute Gasteiger partial charge is 0.350 e. The molecule has 5 heteroatoms. The molecule has 1 aromatic rings. The Balaban J connectivity index is 0.00000162. The van der Waals surface area contributed by atoms with Crippen molar-refractivity contribution in [3.05, 3.63) is 33.8 Å². The molecule has 0 atom stereocenters. The summed E-state index contributed by atoms with van der Waals surface area (Å²) >= 11 is 3.38. The molecule has 1 fully saturated rings. The SMILES string of the molecule is Cc1cc(Br)ccc1C(=O)NCC1(N)CCC1.Cl. The molecular formula is C13H18BrClN2O. The van der Waals surface area contributed by atoms with Crippen LogP contribution in [-0.2, 0) is 0 Å². The van der Waals surface area contributed by atoms with Gasteiger partial charge in [-0.15, -0.1) is 12.4 Å². The molecule has 1 saturated carbocycles. The summed E-state index contributed by atoms with van der Waals surface area (Å²) in [5, 5.41) is 2.92. The Morgan fingerprint density at radius 2 is 2.17 bits per heavy atom. The van der Waals surface area contributed by atoms with Crippen LogP contribution in [0.5, 0.6) is 0 Å². The molecule has 1 amide bonds. The van der Waals surface area contributed by atoms with Gasteiger partial charge in [-0.3, -0.25) is 4.79 Å². The fourth-order valence-corrected chi connectivity index (χ4v) is 2.52. The van der Waals surface area contributed by atoms with Crippen LogP contribution in [0.1, 0.15) is 35.2 Å². The van der Waals surface area contributed by atoms with Gasteiger partial charge in [0, 0.05) is 22.1 Å². The molecule has 0 bridgehead atoms. The molecule has 0 unspecified atom stereocenters. The minimum Gasteiger partial charge on any atom is -0.350 e. The molecule has 2 rings (SSSR count). The molecule has 0 spiro atoms. The number of carbonyl (C=O) groups excluding carboxylic acids is 1. The van der Waals surface area contributed by atoms with Crippen LogP contribution in [0, 0.1) is 6.92 Å². The second-order valence-corrected chi connectivity index (χ2v) is 5.77. The van der Waals surface area contributed by atoms with Crippen molar-refractivity contribution in [2.75, 3.05) is 6.54 Å². The van der Waals surface area contributed by atoms with Crippen molar-refractivity contribution in [1.29, 1.82) is 0 Å². The summed E-state index contributed by atoms with van der Waals surface area (Å²) in [5.41, 5.74) is 7.59. The number of hydrogen-bond donors (Lipinski definition) is 2. The first-order chi connectivity index (χ1) is 8.00. The Bertz CT molecular complexity index is 447. The number of rotatable bonds is 3. The van der Waals surface area contributed by atoms with E-state index < -0.39 is 0 Å². The van der Waals surface area contributed by atoms with E-state index in [1.54, 1.807) is 0 Å². The maximum absolute atomic E-state index is 12.0. The van der Waals surface area contributed by atoms with Gasteiger partial charge in [-0.05, 0) is 49.9 Å². The maximum atomic E-state index is 12.0. The van der Waals surface area contributed by atoms with Crippen molar-refractivity contribution >= 4 is 34.2 Å². The van der Waals surface area contributed by atoms with E-state index in [0.717, 1.165) is 28.4 Å². The standard InChI is InChI=1S/C13H17BrN2O.ClH/c1-9-7-10(14)3-4-11(9)12(17)16-8-13(15)5-2-6-13;/h3-4,7H,2,5-6,8,15H2,1H3,(H,16,17);1H. The number of nitrogens with one attached hydrogen (secondary N) is 1. The topological polar surface area (TPSA) is 55.1 Å². The first kappa shape index (κ1) is 15.5. The van der Waals surface area contributed by atoms with E-state index >= 15 is 0 Å². The van der Waals surface area contributed by atoms with Gasteiger partial charge in [0.2, 0.25) is 0 Å². The number of aryl methyl sites for hydroxylation is 1. The van der Waals surface area contributed by atoms with Crippen LogP contribution in [-0.4, -0.2) is 18.0 Å². The normalized spacial score (nSPS) is 16.4. The van der Waals surface area contributed by atoms with Crippen LogP contribution >= 0.6 is 28.3 Å². The van der Waals surface area contributed by atoms with Crippen molar-refractivity contribution in [3.8, 4) is 0 Å². The summed E-state index contributed by atoms with van der Waals surface area (Å²) in [6, 6.07) is 5.65. The fourth-order valence-electron chi connectivity index (χ4n) is 2.04. The van der Waals surface area contributed by atoms with Crippen LogP contribution in [0.3, 0.4) is 0 Å².